The number of hydrogen-bond donors (Lipinski definition) is 1. The minimum Gasteiger partial charge on any atom is -0.381 e. The minimum absolute atomic E-state index is 0.0723. The maximum atomic E-state index is 11.9. The topological polar surface area (TPSA) is 77.0 Å². The van der Waals surface area contributed by atoms with Crippen molar-refractivity contribution in [2.24, 2.45) is 0 Å². The Morgan fingerprint density at radius 3 is 2.73 bits per heavy atom. The SMILES string of the molecule is CC(C(=O)N1CCCC1)n1ncc(N)n1. The van der Waals surface area contributed by atoms with Gasteiger partial charge in [0.2, 0.25) is 5.91 Å². The van der Waals surface area contributed by atoms with Crippen LogP contribution in [0.2, 0.25) is 0 Å². The second-order valence-corrected chi connectivity index (χ2v) is 3.80. The quantitative estimate of drug-likeness (QED) is 0.746. The van der Waals surface area contributed by atoms with E-state index >= 15 is 0 Å². The van der Waals surface area contributed by atoms with Gasteiger partial charge in [-0.05, 0) is 19.8 Å². The summed E-state index contributed by atoms with van der Waals surface area (Å²) in [5, 5.41) is 7.88. The number of rotatable bonds is 2. The van der Waals surface area contributed by atoms with E-state index in [1.165, 1.54) is 11.0 Å². The number of anilines is 1. The zero-order valence-electron chi connectivity index (χ0n) is 8.76. The van der Waals surface area contributed by atoms with Crippen LogP contribution in [0, 0.1) is 0 Å². The van der Waals surface area contributed by atoms with Gasteiger partial charge in [-0.3, -0.25) is 4.79 Å². The summed E-state index contributed by atoms with van der Waals surface area (Å²) in [4.78, 5) is 15.2. The number of nitrogens with zero attached hydrogens (tertiary/aromatic N) is 4. The van der Waals surface area contributed by atoms with Crippen LogP contribution in [0.4, 0.5) is 5.82 Å². The van der Waals surface area contributed by atoms with Crippen LogP contribution in [-0.2, 0) is 4.79 Å². The number of nitrogens with two attached hydrogens (primary N) is 1. The molecule has 1 atom stereocenters. The summed E-state index contributed by atoms with van der Waals surface area (Å²) in [5.41, 5.74) is 5.45. The van der Waals surface area contributed by atoms with Gasteiger partial charge in [-0.15, -0.1) is 5.10 Å². The second kappa shape index (κ2) is 3.88. The molecule has 1 aromatic rings. The van der Waals surface area contributed by atoms with Crippen LogP contribution >= 0.6 is 0 Å². The summed E-state index contributed by atoms with van der Waals surface area (Å²) in [7, 11) is 0. The molecule has 0 spiro atoms. The average molecular weight is 209 g/mol. The van der Waals surface area contributed by atoms with Gasteiger partial charge >= 0.3 is 0 Å². The zero-order chi connectivity index (χ0) is 10.8. The van der Waals surface area contributed by atoms with Crippen molar-refractivity contribution in [1.82, 2.24) is 19.9 Å². The van der Waals surface area contributed by atoms with Crippen molar-refractivity contribution >= 4 is 11.7 Å². The minimum atomic E-state index is -0.361. The summed E-state index contributed by atoms with van der Waals surface area (Å²) in [6, 6.07) is -0.361. The Bertz CT molecular complexity index is 355. The van der Waals surface area contributed by atoms with Gasteiger partial charge in [-0.25, -0.2) is 0 Å². The van der Waals surface area contributed by atoms with Gasteiger partial charge < -0.3 is 10.6 Å². The highest BCUT2D eigenvalue weighted by Crippen LogP contribution is 2.14. The summed E-state index contributed by atoms with van der Waals surface area (Å²) in [6.45, 7) is 3.49. The Hall–Kier alpha value is -1.59. The van der Waals surface area contributed by atoms with Crippen molar-refractivity contribution in [3.05, 3.63) is 6.20 Å². The Morgan fingerprint density at radius 1 is 1.53 bits per heavy atom. The maximum absolute atomic E-state index is 11.9. The van der Waals surface area contributed by atoms with E-state index in [4.69, 9.17) is 5.73 Å². The molecule has 2 N–H and O–H groups in total. The maximum Gasteiger partial charge on any atom is 0.249 e. The predicted octanol–water partition coefficient (Wildman–Crippen LogP) is 0.0437. The van der Waals surface area contributed by atoms with E-state index in [9.17, 15) is 4.79 Å². The van der Waals surface area contributed by atoms with Gasteiger partial charge in [-0.1, -0.05) is 0 Å². The third kappa shape index (κ3) is 1.93. The average Bonchev–Trinajstić information content (AvgIpc) is 2.85. The van der Waals surface area contributed by atoms with E-state index in [1.807, 2.05) is 4.90 Å². The number of aromatic nitrogens is 3. The largest absolute Gasteiger partial charge is 0.381 e. The van der Waals surface area contributed by atoms with E-state index in [0.29, 0.717) is 5.82 Å². The van der Waals surface area contributed by atoms with E-state index in [0.717, 1.165) is 25.9 Å². The molecular formula is C9H15N5O. The summed E-state index contributed by atoms with van der Waals surface area (Å²) >= 11 is 0. The van der Waals surface area contributed by atoms with Crippen LogP contribution in [0.1, 0.15) is 25.8 Å². The molecule has 0 saturated carbocycles. The third-order valence-corrected chi connectivity index (χ3v) is 2.65. The van der Waals surface area contributed by atoms with Crippen LogP contribution in [0.25, 0.3) is 0 Å². The van der Waals surface area contributed by atoms with Crippen molar-refractivity contribution in [3.63, 3.8) is 0 Å². The lowest BCUT2D eigenvalue weighted by Crippen LogP contribution is -2.34. The Balaban J connectivity index is 2.06. The Kier molecular flexibility index (Phi) is 2.57. The highest BCUT2D eigenvalue weighted by Gasteiger charge is 2.25. The van der Waals surface area contributed by atoms with Crippen LogP contribution in [0.3, 0.4) is 0 Å². The van der Waals surface area contributed by atoms with Gasteiger partial charge in [0.15, 0.2) is 5.82 Å². The van der Waals surface area contributed by atoms with Crippen LogP contribution in [0.15, 0.2) is 6.20 Å². The Morgan fingerprint density at radius 2 is 2.20 bits per heavy atom. The number of amides is 1. The number of carbonyl (C=O) groups excluding carboxylic acids is 1. The van der Waals surface area contributed by atoms with E-state index in [-0.39, 0.29) is 11.9 Å². The molecule has 15 heavy (non-hydrogen) atoms. The monoisotopic (exact) mass is 209 g/mol. The lowest BCUT2D eigenvalue weighted by atomic mass is 10.3. The molecule has 1 aliphatic heterocycles. The molecule has 1 amide bonds. The molecule has 0 bridgehead atoms. The van der Waals surface area contributed by atoms with E-state index < -0.39 is 0 Å². The molecule has 2 heterocycles. The smallest absolute Gasteiger partial charge is 0.249 e. The number of likely N-dealkylation sites (tertiary alicyclic amines) is 1. The van der Waals surface area contributed by atoms with Crippen molar-refractivity contribution < 1.29 is 4.79 Å². The standard InChI is InChI=1S/C9H15N5O/c1-7(14-11-6-8(10)12-14)9(15)13-4-2-3-5-13/h6-7H,2-5H2,1H3,(H2,10,12). The normalized spacial score (nSPS) is 18.1. The fraction of sp³-hybridized carbons (Fsp3) is 0.667. The van der Waals surface area contributed by atoms with Crippen molar-refractivity contribution in [2.75, 3.05) is 18.8 Å². The molecule has 82 valence electrons. The van der Waals surface area contributed by atoms with Gasteiger partial charge in [-0.2, -0.15) is 9.90 Å². The molecule has 2 rings (SSSR count). The third-order valence-electron chi connectivity index (χ3n) is 2.65. The van der Waals surface area contributed by atoms with Crippen LogP contribution in [0.5, 0.6) is 0 Å². The summed E-state index contributed by atoms with van der Waals surface area (Å²) < 4.78 is 0. The number of hydrogen-bond acceptors (Lipinski definition) is 4. The van der Waals surface area contributed by atoms with Crippen molar-refractivity contribution in [1.29, 1.82) is 0 Å². The molecule has 1 unspecified atom stereocenters. The molecule has 6 heteroatoms. The molecule has 6 nitrogen and oxygen atoms in total. The molecule has 0 radical (unpaired) electrons. The van der Waals surface area contributed by atoms with Crippen molar-refractivity contribution in [2.45, 2.75) is 25.8 Å². The van der Waals surface area contributed by atoms with Gasteiger partial charge in [0, 0.05) is 13.1 Å². The van der Waals surface area contributed by atoms with Gasteiger partial charge in [0.25, 0.3) is 0 Å². The fourth-order valence-corrected chi connectivity index (χ4v) is 1.78. The highest BCUT2D eigenvalue weighted by atomic mass is 16.2. The molecular weight excluding hydrogens is 194 g/mol. The van der Waals surface area contributed by atoms with Crippen LogP contribution < -0.4 is 5.73 Å². The highest BCUT2D eigenvalue weighted by molar-refractivity contribution is 5.80. The van der Waals surface area contributed by atoms with E-state index in [2.05, 4.69) is 10.2 Å². The first kappa shape index (κ1) is 9.95. The summed E-state index contributed by atoms with van der Waals surface area (Å²) in [5.74, 6) is 0.416. The number of carbonyl (C=O) groups is 1. The lowest BCUT2D eigenvalue weighted by molar-refractivity contribution is -0.133. The first-order valence-electron chi connectivity index (χ1n) is 5.14. The van der Waals surface area contributed by atoms with Crippen LogP contribution in [-0.4, -0.2) is 38.9 Å². The zero-order valence-corrected chi connectivity index (χ0v) is 8.76. The molecule has 0 aliphatic carbocycles. The van der Waals surface area contributed by atoms with Gasteiger partial charge in [0.1, 0.15) is 6.04 Å². The van der Waals surface area contributed by atoms with Crippen molar-refractivity contribution in [3.8, 4) is 0 Å². The first-order valence-corrected chi connectivity index (χ1v) is 5.14. The Labute approximate surface area is 88.0 Å². The first-order chi connectivity index (χ1) is 7.18. The molecule has 0 aromatic carbocycles. The van der Waals surface area contributed by atoms with E-state index in [1.54, 1.807) is 6.92 Å². The van der Waals surface area contributed by atoms with Gasteiger partial charge in [0.05, 0.1) is 6.20 Å². The second-order valence-electron chi connectivity index (χ2n) is 3.80. The molecule has 1 aromatic heterocycles. The lowest BCUT2D eigenvalue weighted by Gasteiger charge is -2.19. The summed E-state index contributed by atoms with van der Waals surface area (Å²) in [6.07, 6.45) is 3.63. The predicted molar refractivity (Wildman–Crippen MR) is 55.0 cm³/mol. The molecule has 1 saturated heterocycles. The molecule has 1 aliphatic rings. The molecule has 1 fully saturated rings. The fourth-order valence-electron chi connectivity index (χ4n) is 1.78. The number of nitrogen functional groups attached to an aromatic ring is 1.